The van der Waals surface area contributed by atoms with Crippen molar-refractivity contribution in [1.29, 1.82) is 0 Å². The first-order chi connectivity index (χ1) is 9.99. The zero-order valence-electron chi connectivity index (χ0n) is 10.5. The average Bonchev–Trinajstić information content (AvgIpc) is 2.47. The number of carbonyl (C=O) groups is 2. The summed E-state index contributed by atoms with van der Waals surface area (Å²) in [6.07, 6.45) is 2.38. The molecule has 2 N–H and O–H groups in total. The van der Waals surface area contributed by atoms with Crippen LogP contribution in [-0.2, 0) is 0 Å². The lowest BCUT2D eigenvalue weighted by atomic mass is 10.1. The second-order valence-corrected chi connectivity index (χ2v) is 3.99. The minimum atomic E-state index is -1.26. The third-order valence-corrected chi connectivity index (χ3v) is 2.61. The normalized spacial score (nSPS) is 9.90. The SMILES string of the molecule is O=C(O)c1ccncc1C(=O)Nc1cccc([N+](=O)[O-])c1. The Morgan fingerprint density at radius 1 is 1.24 bits per heavy atom. The molecule has 1 heterocycles. The lowest BCUT2D eigenvalue weighted by Crippen LogP contribution is -2.16. The van der Waals surface area contributed by atoms with Gasteiger partial charge in [0.2, 0.25) is 0 Å². The van der Waals surface area contributed by atoms with Gasteiger partial charge < -0.3 is 10.4 Å². The number of aromatic carboxylic acids is 1. The summed E-state index contributed by atoms with van der Waals surface area (Å²) >= 11 is 0. The van der Waals surface area contributed by atoms with Gasteiger partial charge in [-0.15, -0.1) is 0 Å². The first kappa shape index (κ1) is 14.1. The number of nitrogens with zero attached hydrogens (tertiary/aromatic N) is 2. The van der Waals surface area contributed by atoms with Gasteiger partial charge in [-0.3, -0.25) is 19.9 Å². The van der Waals surface area contributed by atoms with E-state index in [0.29, 0.717) is 0 Å². The maximum Gasteiger partial charge on any atom is 0.336 e. The first-order valence-electron chi connectivity index (χ1n) is 5.72. The minimum Gasteiger partial charge on any atom is -0.478 e. The maximum atomic E-state index is 12.0. The number of anilines is 1. The predicted molar refractivity (Wildman–Crippen MR) is 72.2 cm³/mol. The third-order valence-electron chi connectivity index (χ3n) is 2.61. The molecule has 1 aromatic carbocycles. The molecule has 0 aliphatic carbocycles. The summed E-state index contributed by atoms with van der Waals surface area (Å²) < 4.78 is 0. The molecule has 2 rings (SSSR count). The predicted octanol–water partition coefficient (Wildman–Crippen LogP) is 1.94. The van der Waals surface area contributed by atoms with Gasteiger partial charge in [-0.25, -0.2) is 4.79 Å². The van der Waals surface area contributed by atoms with E-state index in [1.807, 2.05) is 0 Å². The highest BCUT2D eigenvalue weighted by Gasteiger charge is 2.17. The number of pyridine rings is 1. The number of hydrogen-bond acceptors (Lipinski definition) is 5. The number of aromatic nitrogens is 1. The van der Waals surface area contributed by atoms with E-state index in [2.05, 4.69) is 10.3 Å². The summed E-state index contributed by atoms with van der Waals surface area (Å²) in [5.41, 5.74) is -0.323. The molecule has 8 nitrogen and oxygen atoms in total. The van der Waals surface area contributed by atoms with Crippen LogP contribution in [0, 0.1) is 10.1 Å². The summed E-state index contributed by atoms with van der Waals surface area (Å²) in [6.45, 7) is 0. The van der Waals surface area contributed by atoms with Gasteiger partial charge in [-0.2, -0.15) is 0 Å². The first-order valence-corrected chi connectivity index (χ1v) is 5.72. The average molecular weight is 287 g/mol. The van der Waals surface area contributed by atoms with Crippen LogP contribution in [0.2, 0.25) is 0 Å². The van der Waals surface area contributed by atoms with E-state index in [0.717, 1.165) is 6.20 Å². The van der Waals surface area contributed by atoms with E-state index in [9.17, 15) is 19.7 Å². The smallest absolute Gasteiger partial charge is 0.336 e. The summed E-state index contributed by atoms with van der Waals surface area (Å²) in [6, 6.07) is 6.53. The number of amides is 1. The van der Waals surface area contributed by atoms with Crippen molar-refractivity contribution in [2.24, 2.45) is 0 Å². The van der Waals surface area contributed by atoms with Crippen LogP contribution in [0.5, 0.6) is 0 Å². The van der Waals surface area contributed by atoms with Gasteiger partial charge in [0.15, 0.2) is 0 Å². The van der Waals surface area contributed by atoms with Crippen molar-refractivity contribution >= 4 is 23.3 Å². The topological polar surface area (TPSA) is 122 Å². The standard InChI is InChI=1S/C13H9N3O5/c17-12(11-7-14-5-4-10(11)13(18)19)15-8-2-1-3-9(6-8)16(20)21/h1-7H,(H,15,17)(H,18,19). The maximum absolute atomic E-state index is 12.0. The zero-order chi connectivity index (χ0) is 15.4. The minimum absolute atomic E-state index is 0.128. The molecule has 0 aliphatic heterocycles. The monoisotopic (exact) mass is 287 g/mol. The summed E-state index contributed by atoms with van der Waals surface area (Å²) in [5.74, 6) is -1.97. The van der Waals surface area contributed by atoms with E-state index in [-0.39, 0.29) is 22.5 Å². The highest BCUT2D eigenvalue weighted by atomic mass is 16.6. The lowest BCUT2D eigenvalue weighted by molar-refractivity contribution is -0.384. The van der Waals surface area contributed by atoms with Crippen LogP contribution in [0.15, 0.2) is 42.7 Å². The van der Waals surface area contributed by atoms with Crippen molar-refractivity contribution < 1.29 is 19.6 Å². The molecule has 106 valence electrons. The summed E-state index contributed by atoms with van der Waals surface area (Å²) in [7, 11) is 0. The molecule has 1 amide bonds. The molecule has 0 unspecified atom stereocenters. The molecule has 0 radical (unpaired) electrons. The quantitative estimate of drug-likeness (QED) is 0.654. The molecule has 0 spiro atoms. The Bertz CT molecular complexity index is 729. The summed E-state index contributed by atoms with van der Waals surface area (Å²) in [5, 5.41) is 22.1. The van der Waals surface area contributed by atoms with Crippen LogP contribution in [0.25, 0.3) is 0 Å². The van der Waals surface area contributed by atoms with Gasteiger partial charge in [0.1, 0.15) is 0 Å². The molecule has 2 aromatic rings. The van der Waals surface area contributed by atoms with Crippen molar-refractivity contribution in [1.82, 2.24) is 4.98 Å². The number of carboxylic acids is 1. The molecule has 0 atom stereocenters. The molecule has 0 bridgehead atoms. The zero-order valence-corrected chi connectivity index (χ0v) is 10.5. The summed E-state index contributed by atoms with van der Waals surface area (Å²) in [4.78, 5) is 36.8. The van der Waals surface area contributed by atoms with Gasteiger partial charge in [0.05, 0.1) is 16.1 Å². The van der Waals surface area contributed by atoms with Crippen LogP contribution >= 0.6 is 0 Å². The fourth-order valence-electron chi connectivity index (χ4n) is 1.66. The molecule has 21 heavy (non-hydrogen) atoms. The van der Waals surface area contributed by atoms with Crippen LogP contribution in [0.1, 0.15) is 20.7 Å². The number of nitro benzene ring substituents is 1. The van der Waals surface area contributed by atoms with Crippen LogP contribution in [-0.4, -0.2) is 26.9 Å². The van der Waals surface area contributed by atoms with Crippen LogP contribution in [0.3, 0.4) is 0 Å². The second-order valence-electron chi connectivity index (χ2n) is 3.99. The van der Waals surface area contributed by atoms with Gasteiger partial charge >= 0.3 is 5.97 Å². The number of rotatable bonds is 4. The number of carboxylic acid groups (broad SMARTS) is 1. The van der Waals surface area contributed by atoms with Gasteiger partial charge in [-0.05, 0) is 12.1 Å². The number of nitro groups is 1. The van der Waals surface area contributed by atoms with Crippen molar-refractivity contribution in [3.05, 3.63) is 64.0 Å². The number of hydrogen-bond donors (Lipinski definition) is 2. The molecule has 0 saturated heterocycles. The van der Waals surface area contributed by atoms with Gasteiger partial charge in [-0.1, -0.05) is 6.07 Å². The Morgan fingerprint density at radius 2 is 2.00 bits per heavy atom. The Morgan fingerprint density at radius 3 is 2.67 bits per heavy atom. The lowest BCUT2D eigenvalue weighted by Gasteiger charge is -2.07. The molecule has 0 fully saturated rings. The van der Waals surface area contributed by atoms with E-state index >= 15 is 0 Å². The molecule has 1 aromatic heterocycles. The molecule has 0 aliphatic rings. The van der Waals surface area contributed by atoms with Crippen molar-refractivity contribution in [3.63, 3.8) is 0 Å². The van der Waals surface area contributed by atoms with Crippen molar-refractivity contribution in [2.75, 3.05) is 5.32 Å². The molecule has 0 saturated carbocycles. The molecule has 8 heteroatoms. The fraction of sp³-hybridized carbons (Fsp3) is 0. The molecular formula is C13H9N3O5. The van der Waals surface area contributed by atoms with E-state index in [1.165, 1.54) is 36.5 Å². The third kappa shape index (κ3) is 3.18. The Hall–Kier alpha value is -3.29. The number of carbonyl (C=O) groups excluding carboxylic acids is 1. The van der Waals surface area contributed by atoms with Gasteiger partial charge in [0, 0.05) is 30.2 Å². The second kappa shape index (κ2) is 5.78. The van der Waals surface area contributed by atoms with E-state index in [1.54, 1.807) is 0 Å². The van der Waals surface area contributed by atoms with E-state index in [4.69, 9.17) is 5.11 Å². The van der Waals surface area contributed by atoms with Crippen molar-refractivity contribution in [2.45, 2.75) is 0 Å². The highest BCUT2D eigenvalue weighted by Crippen LogP contribution is 2.18. The van der Waals surface area contributed by atoms with Crippen LogP contribution in [0.4, 0.5) is 11.4 Å². The molecular weight excluding hydrogens is 278 g/mol. The van der Waals surface area contributed by atoms with Crippen LogP contribution < -0.4 is 5.32 Å². The van der Waals surface area contributed by atoms with Gasteiger partial charge in [0.25, 0.3) is 11.6 Å². The Balaban J connectivity index is 2.28. The number of benzene rings is 1. The number of non-ortho nitro benzene ring substituents is 1. The number of nitrogens with one attached hydrogen (secondary N) is 1. The highest BCUT2D eigenvalue weighted by molar-refractivity contribution is 6.10. The Kier molecular flexibility index (Phi) is 3.89. The Labute approximate surface area is 118 Å². The largest absolute Gasteiger partial charge is 0.478 e. The fourth-order valence-corrected chi connectivity index (χ4v) is 1.66. The van der Waals surface area contributed by atoms with E-state index < -0.39 is 16.8 Å². The van der Waals surface area contributed by atoms with Crippen molar-refractivity contribution in [3.8, 4) is 0 Å².